The van der Waals surface area contributed by atoms with Crippen molar-refractivity contribution in [3.8, 4) is 0 Å². The lowest BCUT2D eigenvalue weighted by molar-refractivity contribution is -0.136. The summed E-state index contributed by atoms with van der Waals surface area (Å²) in [6, 6.07) is 0. The van der Waals surface area contributed by atoms with Gasteiger partial charge in [-0.25, -0.2) is 0 Å². The number of ether oxygens (including phenoxy) is 1. The summed E-state index contributed by atoms with van der Waals surface area (Å²) >= 11 is 0. The van der Waals surface area contributed by atoms with Crippen molar-refractivity contribution in [3.63, 3.8) is 0 Å². The Morgan fingerprint density at radius 3 is 2.70 bits per heavy atom. The number of carbonyl (C=O) groups excluding carboxylic acids is 1. The fraction of sp³-hybridized carbons (Fsp3) is 0.714. The molecule has 1 amide bonds. The molecule has 112 valence electrons. The third-order valence-corrected chi connectivity index (χ3v) is 3.73. The maximum absolute atomic E-state index is 12.2. The maximum Gasteiger partial charge on any atom is 0.244 e. The molecule has 0 radical (unpaired) electrons. The average molecular weight is 280 g/mol. The molecule has 1 fully saturated rings. The quantitative estimate of drug-likeness (QED) is 0.852. The minimum absolute atomic E-state index is 0.119. The third-order valence-electron chi connectivity index (χ3n) is 3.73. The van der Waals surface area contributed by atoms with E-state index in [0.717, 1.165) is 24.5 Å². The molecule has 0 aliphatic carbocycles. The second-order valence-corrected chi connectivity index (χ2v) is 5.08. The molecule has 0 aromatic carbocycles. The first kappa shape index (κ1) is 15.0. The Balaban J connectivity index is 2.03. The Morgan fingerprint density at radius 2 is 2.05 bits per heavy atom. The average Bonchev–Trinajstić information content (AvgIpc) is 2.72. The van der Waals surface area contributed by atoms with Gasteiger partial charge in [0.2, 0.25) is 5.91 Å². The minimum Gasteiger partial charge on any atom is -0.378 e. The highest BCUT2D eigenvalue weighted by molar-refractivity contribution is 5.76. The van der Waals surface area contributed by atoms with Crippen LogP contribution in [0, 0.1) is 13.8 Å². The number of hydrogen-bond acceptors (Lipinski definition) is 4. The van der Waals surface area contributed by atoms with Crippen LogP contribution in [0.1, 0.15) is 23.9 Å². The van der Waals surface area contributed by atoms with Gasteiger partial charge in [-0.05, 0) is 20.4 Å². The standard InChI is InChI=1S/C14H24N4O2/c1-4-15-9-13-11(2)16-18(12(13)3)10-14(19)17-5-7-20-8-6-17/h15H,4-10H2,1-3H3. The highest BCUT2D eigenvalue weighted by atomic mass is 16.5. The van der Waals surface area contributed by atoms with Crippen LogP contribution in [-0.4, -0.2) is 53.4 Å². The van der Waals surface area contributed by atoms with Gasteiger partial charge in [0.05, 0.1) is 18.9 Å². The van der Waals surface area contributed by atoms with E-state index in [1.54, 1.807) is 0 Å². The van der Waals surface area contributed by atoms with Crippen molar-refractivity contribution in [2.45, 2.75) is 33.9 Å². The lowest BCUT2D eigenvalue weighted by Gasteiger charge is -2.26. The normalized spacial score (nSPS) is 15.7. The largest absolute Gasteiger partial charge is 0.378 e. The predicted molar refractivity (Wildman–Crippen MR) is 76.5 cm³/mol. The molecule has 6 heteroatoms. The second-order valence-electron chi connectivity index (χ2n) is 5.08. The lowest BCUT2D eigenvalue weighted by Crippen LogP contribution is -2.42. The van der Waals surface area contributed by atoms with Crippen molar-refractivity contribution in [1.29, 1.82) is 0 Å². The minimum atomic E-state index is 0.119. The number of amides is 1. The highest BCUT2D eigenvalue weighted by Gasteiger charge is 2.19. The topological polar surface area (TPSA) is 59.4 Å². The molecule has 1 aliphatic heterocycles. The molecule has 6 nitrogen and oxygen atoms in total. The van der Waals surface area contributed by atoms with Crippen LogP contribution in [0.5, 0.6) is 0 Å². The number of nitrogens with one attached hydrogen (secondary N) is 1. The Labute approximate surface area is 120 Å². The first-order valence-corrected chi connectivity index (χ1v) is 7.22. The summed E-state index contributed by atoms with van der Waals surface area (Å²) in [4.78, 5) is 14.1. The molecule has 0 atom stereocenters. The molecule has 2 rings (SSSR count). The summed E-state index contributed by atoms with van der Waals surface area (Å²) in [6.07, 6.45) is 0. The second kappa shape index (κ2) is 6.85. The zero-order valence-corrected chi connectivity index (χ0v) is 12.6. The van der Waals surface area contributed by atoms with Gasteiger partial charge >= 0.3 is 0 Å². The summed E-state index contributed by atoms with van der Waals surface area (Å²) in [5.74, 6) is 0.119. The van der Waals surface area contributed by atoms with Crippen molar-refractivity contribution in [2.75, 3.05) is 32.8 Å². The number of nitrogens with zero attached hydrogens (tertiary/aromatic N) is 3. The Kier molecular flexibility index (Phi) is 5.14. The fourth-order valence-electron chi connectivity index (χ4n) is 2.43. The van der Waals surface area contributed by atoms with Crippen LogP contribution in [-0.2, 0) is 22.6 Å². The highest BCUT2D eigenvalue weighted by Crippen LogP contribution is 2.13. The monoisotopic (exact) mass is 280 g/mol. The third kappa shape index (κ3) is 3.37. The van der Waals surface area contributed by atoms with E-state index in [1.165, 1.54) is 5.56 Å². The number of rotatable bonds is 5. The molecule has 0 spiro atoms. The summed E-state index contributed by atoms with van der Waals surface area (Å²) in [5.41, 5.74) is 3.27. The van der Waals surface area contributed by atoms with E-state index in [4.69, 9.17) is 4.74 Å². The van der Waals surface area contributed by atoms with Crippen molar-refractivity contribution in [3.05, 3.63) is 17.0 Å². The van der Waals surface area contributed by atoms with E-state index < -0.39 is 0 Å². The molecule has 20 heavy (non-hydrogen) atoms. The molecule has 0 saturated carbocycles. The summed E-state index contributed by atoms with van der Waals surface area (Å²) in [7, 11) is 0. The van der Waals surface area contributed by atoms with Crippen molar-refractivity contribution < 1.29 is 9.53 Å². The summed E-state index contributed by atoms with van der Waals surface area (Å²) < 4.78 is 7.09. The van der Waals surface area contributed by atoms with Gasteiger partial charge in [-0.3, -0.25) is 9.48 Å². The number of carbonyl (C=O) groups is 1. The Bertz CT molecular complexity index is 464. The predicted octanol–water partition coefficient (Wildman–Crippen LogP) is 0.468. The van der Waals surface area contributed by atoms with Crippen LogP contribution in [0.15, 0.2) is 0 Å². The van der Waals surface area contributed by atoms with E-state index in [0.29, 0.717) is 32.8 Å². The molecule has 0 unspecified atom stereocenters. The number of aryl methyl sites for hydroxylation is 1. The van der Waals surface area contributed by atoms with Gasteiger partial charge in [-0.15, -0.1) is 0 Å². The molecule has 1 aromatic rings. The van der Waals surface area contributed by atoms with Gasteiger partial charge in [-0.1, -0.05) is 6.92 Å². The summed E-state index contributed by atoms with van der Waals surface area (Å²) in [6.45, 7) is 10.8. The van der Waals surface area contributed by atoms with Crippen LogP contribution in [0.25, 0.3) is 0 Å². The van der Waals surface area contributed by atoms with Gasteiger partial charge in [0, 0.05) is 30.9 Å². The van der Waals surface area contributed by atoms with E-state index in [-0.39, 0.29) is 5.91 Å². The molecular weight excluding hydrogens is 256 g/mol. The molecule has 1 aromatic heterocycles. The SMILES string of the molecule is CCNCc1c(C)nn(CC(=O)N2CCOCC2)c1C. The van der Waals surface area contributed by atoms with Crippen LogP contribution in [0.4, 0.5) is 0 Å². The van der Waals surface area contributed by atoms with Crippen molar-refractivity contribution >= 4 is 5.91 Å². The zero-order chi connectivity index (χ0) is 14.5. The van der Waals surface area contributed by atoms with Crippen LogP contribution in [0.2, 0.25) is 0 Å². The van der Waals surface area contributed by atoms with E-state index in [9.17, 15) is 4.79 Å². The van der Waals surface area contributed by atoms with E-state index >= 15 is 0 Å². The van der Waals surface area contributed by atoms with Gasteiger partial charge in [-0.2, -0.15) is 5.10 Å². The number of aromatic nitrogens is 2. The van der Waals surface area contributed by atoms with Crippen LogP contribution >= 0.6 is 0 Å². The van der Waals surface area contributed by atoms with Gasteiger partial charge in [0.1, 0.15) is 6.54 Å². The number of hydrogen-bond donors (Lipinski definition) is 1. The zero-order valence-electron chi connectivity index (χ0n) is 12.6. The van der Waals surface area contributed by atoms with E-state index in [2.05, 4.69) is 17.3 Å². The first-order chi connectivity index (χ1) is 9.63. The fourth-order valence-corrected chi connectivity index (χ4v) is 2.43. The van der Waals surface area contributed by atoms with Gasteiger partial charge < -0.3 is 15.0 Å². The van der Waals surface area contributed by atoms with E-state index in [1.807, 2.05) is 23.4 Å². The van der Waals surface area contributed by atoms with Gasteiger partial charge in [0.15, 0.2) is 0 Å². The van der Waals surface area contributed by atoms with Crippen LogP contribution < -0.4 is 5.32 Å². The Morgan fingerprint density at radius 1 is 1.35 bits per heavy atom. The first-order valence-electron chi connectivity index (χ1n) is 7.22. The Hall–Kier alpha value is -1.40. The van der Waals surface area contributed by atoms with Gasteiger partial charge in [0.25, 0.3) is 0 Å². The molecule has 2 heterocycles. The molecule has 1 aliphatic rings. The summed E-state index contributed by atoms with van der Waals surface area (Å²) in [5, 5.41) is 7.81. The van der Waals surface area contributed by atoms with Crippen molar-refractivity contribution in [1.82, 2.24) is 20.0 Å². The molecule has 1 N–H and O–H groups in total. The number of morpholine rings is 1. The smallest absolute Gasteiger partial charge is 0.244 e. The molecule has 1 saturated heterocycles. The maximum atomic E-state index is 12.2. The van der Waals surface area contributed by atoms with Crippen molar-refractivity contribution in [2.24, 2.45) is 0 Å². The lowest BCUT2D eigenvalue weighted by atomic mass is 10.2. The molecular formula is C14H24N4O2. The van der Waals surface area contributed by atoms with Crippen LogP contribution in [0.3, 0.4) is 0 Å². The molecule has 0 bridgehead atoms.